The van der Waals surface area contributed by atoms with Crippen LogP contribution in [0.25, 0.3) is 10.9 Å². The van der Waals surface area contributed by atoms with Crippen LogP contribution in [0.3, 0.4) is 0 Å². The van der Waals surface area contributed by atoms with Crippen molar-refractivity contribution >= 4 is 35.5 Å². The van der Waals surface area contributed by atoms with Gasteiger partial charge in [-0.3, -0.25) is 4.79 Å². The molecule has 0 spiro atoms. The fourth-order valence-electron chi connectivity index (χ4n) is 1.21. The van der Waals surface area contributed by atoms with E-state index >= 15 is 0 Å². The molecule has 0 radical (unpaired) electrons. The maximum absolute atomic E-state index is 10.2. The zero-order chi connectivity index (χ0) is 9.10. The Kier molecular flexibility index (Phi) is 3.42. The van der Waals surface area contributed by atoms with Gasteiger partial charge in [0.05, 0.1) is 5.52 Å². The van der Waals surface area contributed by atoms with Crippen LogP contribution in [-0.4, -0.2) is 11.4 Å². The Bertz CT molecular complexity index is 445. The van der Waals surface area contributed by atoms with Crippen molar-refractivity contribution in [1.82, 2.24) is 4.98 Å². The molecule has 1 amide bonds. The number of carbonyl (C=O) groups excluding carboxylic acids is 1. The zero-order valence-electron chi connectivity index (χ0n) is 7.31. The molecule has 2 rings (SSSR count). The Morgan fingerprint density at radius 3 is 2.71 bits per heavy atom. The van der Waals surface area contributed by atoms with E-state index in [0.29, 0.717) is 12.2 Å². The standard InChI is InChI=1S/C10H8N2O.ClH/c13-7-11-10-6-5-8-3-1-2-4-9(8)12-10;/h1-7H,(H,11,12,13);1H. The molecule has 0 saturated heterocycles. The van der Waals surface area contributed by atoms with E-state index in [1.807, 2.05) is 30.3 Å². The van der Waals surface area contributed by atoms with Crippen molar-refractivity contribution in [1.29, 1.82) is 0 Å². The van der Waals surface area contributed by atoms with Gasteiger partial charge in [0.1, 0.15) is 5.82 Å². The van der Waals surface area contributed by atoms with Crippen LogP contribution in [0.5, 0.6) is 0 Å². The first-order chi connectivity index (χ1) is 6.40. The lowest BCUT2D eigenvalue weighted by molar-refractivity contribution is -0.105. The smallest absolute Gasteiger partial charge is 0.212 e. The maximum Gasteiger partial charge on any atom is 0.212 e. The number of nitrogens with one attached hydrogen (secondary N) is 1. The van der Waals surface area contributed by atoms with Gasteiger partial charge in [-0.25, -0.2) is 4.98 Å². The fourth-order valence-corrected chi connectivity index (χ4v) is 1.21. The van der Waals surface area contributed by atoms with Crippen LogP contribution < -0.4 is 5.32 Å². The van der Waals surface area contributed by atoms with Crippen LogP contribution in [0.4, 0.5) is 5.82 Å². The van der Waals surface area contributed by atoms with Gasteiger partial charge in [-0.05, 0) is 18.2 Å². The first-order valence-electron chi connectivity index (χ1n) is 3.96. The Morgan fingerprint density at radius 2 is 1.93 bits per heavy atom. The molecule has 14 heavy (non-hydrogen) atoms. The van der Waals surface area contributed by atoms with Crippen LogP contribution in [-0.2, 0) is 4.79 Å². The highest BCUT2D eigenvalue weighted by Gasteiger charge is 1.94. The quantitative estimate of drug-likeness (QED) is 0.769. The number of aromatic nitrogens is 1. The summed E-state index contributed by atoms with van der Waals surface area (Å²) in [5, 5.41) is 3.58. The lowest BCUT2D eigenvalue weighted by atomic mass is 10.2. The van der Waals surface area contributed by atoms with Gasteiger partial charge in [-0.15, -0.1) is 12.4 Å². The summed E-state index contributed by atoms with van der Waals surface area (Å²) in [6, 6.07) is 11.5. The van der Waals surface area contributed by atoms with E-state index in [-0.39, 0.29) is 12.4 Å². The number of benzene rings is 1. The van der Waals surface area contributed by atoms with Crippen molar-refractivity contribution in [3.05, 3.63) is 36.4 Å². The Balaban J connectivity index is 0.000000980. The Morgan fingerprint density at radius 1 is 1.14 bits per heavy atom. The summed E-state index contributed by atoms with van der Waals surface area (Å²) in [5.41, 5.74) is 0.884. The van der Waals surface area contributed by atoms with Gasteiger partial charge in [-0.1, -0.05) is 18.2 Å². The highest BCUT2D eigenvalue weighted by Crippen LogP contribution is 2.13. The van der Waals surface area contributed by atoms with Gasteiger partial charge in [0.25, 0.3) is 0 Å². The lowest BCUT2D eigenvalue weighted by Crippen LogP contribution is -1.96. The molecule has 1 N–H and O–H groups in total. The van der Waals surface area contributed by atoms with E-state index in [0.717, 1.165) is 10.9 Å². The largest absolute Gasteiger partial charge is 0.313 e. The van der Waals surface area contributed by atoms with E-state index in [1.54, 1.807) is 6.07 Å². The van der Waals surface area contributed by atoms with E-state index in [4.69, 9.17) is 0 Å². The number of nitrogens with zero attached hydrogens (tertiary/aromatic N) is 1. The number of hydrogen-bond donors (Lipinski definition) is 1. The maximum atomic E-state index is 10.2. The molecule has 1 aromatic heterocycles. The van der Waals surface area contributed by atoms with E-state index in [2.05, 4.69) is 10.3 Å². The minimum absolute atomic E-state index is 0. The number of pyridine rings is 1. The Hall–Kier alpha value is -1.61. The van der Waals surface area contributed by atoms with Gasteiger partial charge >= 0.3 is 0 Å². The molecule has 1 heterocycles. The molecule has 0 aliphatic rings. The molecule has 4 heteroatoms. The summed E-state index contributed by atoms with van der Waals surface area (Å²) < 4.78 is 0. The predicted octanol–water partition coefficient (Wildman–Crippen LogP) is 2.22. The molecule has 0 unspecified atom stereocenters. The van der Waals surface area contributed by atoms with Crippen LogP contribution in [0, 0.1) is 0 Å². The third-order valence-corrected chi connectivity index (χ3v) is 1.81. The topological polar surface area (TPSA) is 42.0 Å². The molecule has 72 valence electrons. The summed E-state index contributed by atoms with van der Waals surface area (Å²) in [4.78, 5) is 14.4. The van der Waals surface area contributed by atoms with Crippen molar-refractivity contribution in [3.63, 3.8) is 0 Å². The van der Waals surface area contributed by atoms with Crippen molar-refractivity contribution in [2.75, 3.05) is 5.32 Å². The number of anilines is 1. The molecule has 0 fully saturated rings. The first kappa shape index (κ1) is 10.5. The third-order valence-electron chi connectivity index (χ3n) is 1.81. The molecule has 0 bridgehead atoms. The van der Waals surface area contributed by atoms with Gasteiger partial charge in [0.2, 0.25) is 6.41 Å². The van der Waals surface area contributed by atoms with Gasteiger partial charge in [0, 0.05) is 5.39 Å². The fraction of sp³-hybridized carbons (Fsp3) is 0. The number of fused-ring (bicyclic) bond motifs is 1. The van der Waals surface area contributed by atoms with Crippen LogP contribution in [0.2, 0.25) is 0 Å². The van der Waals surface area contributed by atoms with E-state index < -0.39 is 0 Å². The molecule has 0 aliphatic heterocycles. The van der Waals surface area contributed by atoms with Crippen LogP contribution in [0.1, 0.15) is 0 Å². The monoisotopic (exact) mass is 208 g/mol. The first-order valence-corrected chi connectivity index (χ1v) is 3.96. The number of amides is 1. The van der Waals surface area contributed by atoms with Crippen LogP contribution >= 0.6 is 12.4 Å². The number of halogens is 1. The summed E-state index contributed by atoms with van der Waals surface area (Å²) in [5.74, 6) is 0.578. The second-order valence-electron chi connectivity index (χ2n) is 2.65. The summed E-state index contributed by atoms with van der Waals surface area (Å²) >= 11 is 0. The van der Waals surface area contributed by atoms with Gasteiger partial charge in [-0.2, -0.15) is 0 Å². The molecule has 2 aromatic rings. The second-order valence-corrected chi connectivity index (χ2v) is 2.65. The summed E-state index contributed by atoms with van der Waals surface area (Å²) in [6.07, 6.45) is 0.622. The average molecular weight is 209 g/mol. The lowest BCUT2D eigenvalue weighted by Gasteiger charge is -1.99. The van der Waals surface area contributed by atoms with Crippen molar-refractivity contribution in [3.8, 4) is 0 Å². The van der Waals surface area contributed by atoms with Crippen molar-refractivity contribution in [2.45, 2.75) is 0 Å². The number of para-hydroxylation sites is 1. The average Bonchev–Trinajstić information content (AvgIpc) is 2.18. The molecule has 0 atom stereocenters. The highest BCUT2D eigenvalue weighted by molar-refractivity contribution is 5.85. The minimum atomic E-state index is 0. The van der Waals surface area contributed by atoms with E-state index in [1.165, 1.54) is 0 Å². The van der Waals surface area contributed by atoms with E-state index in [9.17, 15) is 4.79 Å². The highest BCUT2D eigenvalue weighted by atomic mass is 35.5. The minimum Gasteiger partial charge on any atom is -0.313 e. The van der Waals surface area contributed by atoms with Crippen molar-refractivity contribution < 1.29 is 4.79 Å². The Labute approximate surface area is 87.6 Å². The molecule has 0 saturated carbocycles. The number of rotatable bonds is 2. The summed E-state index contributed by atoms with van der Waals surface area (Å²) in [7, 11) is 0. The predicted molar refractivity (Wildman–Crippen MR) is 58.7 cm³/mol. The molecular weight excluding hydrogens is 200 g/mol. The second kappa shape index (κ2) is 4.58. The zero-order valence-corrected chi connectivity index (χ0v) is 8.12. The van der Waals surface area contributed by atoms with Gasteiger partial charge < -0.3 is 5.32 Å². The SMILES string of the molecule is Cl.O=CNc1ccc2ccccc2n1. The normalized spacial score (nSPS) is 9.14. The third kappa shape index (κ3) is 2.00. The molecular formula is C10H9ClN2O. The molecule has 0 aliphatic carbocycles. The number of hydrogen-bond acceptors (Lipinski definition) is 2. The molecule has 1 aromatic carbocycles. The van der Waals surface area contributed by atoms with Gasteiger partial charge in [0.15, 0.2) is 0 Å². The van der Waals surface area contributed by atoms with Crippen molar-refractivity contribution in [2.24, 2.45) is 0 Å². The summed E-state index contributed by atoms with van der Waals surface area (Å²) in [6.45, 7) is 0. The number of carbonyl (C=O) groups is 1. The molecule has 3 nitrogen and oxygen atoms in total. The van der Waals surface area contributed by atoms with Crippen LogP contribution in [0.15, 0.2) is 36.4 Å².